The Balaban J connectivity index is 1.97. The van der Waals surface area contributed by atoms with Crippen molar-refractivity contribution in [2.75, 3.05) is 11.9 Å². The summed E-state index contributed by atoms with van der Waals surface area (Å²) in [4.78, 5) is 6.08. The molecule has 1 aliphatic carbocycles. The Morgan fingerprint density at radius 3 is 2.68 bits per heavy atom. The lowest BCUT2D eigenvalue weighted by Gasteiger charge is -1.95. The highest BCUT2D eigenvalue weighted by Crippen LogP contribution is 2.47. The fourth-order valence-corrected chi connectivity index (χ4v) is 3.96. The molecule has 1 N–H and O–H groups in total. The van der Waals surface area contributed by atoms with Crippen LogP contribution in [0.5, 0.6) is 0 Å². The van der Waals surface area contributed by atoms with E-state index in [0.717, 1.165) is 16.7 Å². The second-order valence-corrected chi connectivity index (χ2v) is 7.15. The van der Waals surface area contributed by atoms with Gasteiger partial charge < -0.3 is 5.32 Å². The monoisotopic (exact) mass is 294 g/mol. The van der Waals surface area contributed by atoms with Crippen LogP contribution in [-0.2, 0) is 0 Å². The molecule has 1 aliphatic rings. The topological polar surface area (TPSA) is 50.7 Å². The van der Waals surface area contributed by atoms with Crippen molar-refractivity contribution in [2.45, 2.75) is 45.4 Å². The van der Waals surface area contributed by atoms with Gasteiger partial charge in [0, 0.05) is 18.4 Å². The van der Waals surface area contributed by atoms with E-state index in [1.807, 2.05) is 0 Å². The quantitative estimate of drug-likeness (QED) is 0.902. The van der Waals surface area contributed by atoms with Gasteiger partial charge >= 0.3 is 0 Å². The average Bonchev–Trinajstić information content (AvgIpc) is 2.96. The van der Waals surface area contributed by atoms with Gasteiger partial charge in [-0.3, -0.25) is 0 Å². The van der Waals surface area contributed by atoms with Crippen molar-refractivity contribution in [2.24, 2.45) is 0 Å². The molecule has 0 radical (unpaired) electrons. The van der Waals surface area contributed by atoms with Crippen molar-refractivity contribution < 1.29 is 0 Å². The molecule has 4 nitrogen and oxygen atoms in total. The number of aromatic nitrogens is 3. The van der Waals surface area contributed by atoms with E-state index in [1.54, 1.807) is 22.7 Å². The normalized spacial score (nSPS) is 15.2. The molecule has 1 saturated carbocycles. The van der Waals surface area contributed by atoms with E-state index >= 15 is 0 Å². The predicted octanol–water partition coefficient (Wildman–Crippen LogP) is 4.09. The Morgan fingerprint density at radius 1 is 1.26 bits per heavy atom. The summed E-state index contributed by atoms with van der Waals surface area (Å²) in [6.07, 6.45) is 2.54. The largest absolute Gasteiger partial charge is 0.360 e. The van der Waals surface area contributed by atoms with Gasteiger partial charge in [-0.25, -0.2) is 4.98 Å². The van der Waals surface area contributed by atoms with Gasteiger partial charge in [0.2, 0.25) is 5.13 Å². The molecular weight excluding hydrogens is 276 g/mol. The van der Waals surface area contributed by atoms with Crippen molar-refractivity contribution in [3.8, 4) is 9.88 Å². The summed E-state index contributed by atoms with van der Waals surface area (Å²) in [6, 6.07) is 0. The van der Waals surface area contributed by atoms with Gasteiger partial charge in [0.1, 0.15) is 0 Å². The van der Waals surface area contributed by atoms with Gasteiger partial charge in [0.05, 0.1) is 15.6 Å². The van der Waals surface area contributed by atoms with E-state index in [4.69, 9.17) is 4.98 Å². The van der Waals surface area contributed by atoms with Crippen LogP contribution in [0.4, 0.5) is 5.13 Å². The predicted molar refractivity (Wildman–Crippen MR) is 81.2 cm³/mol. The lowest BCUT2D eigenvalue weighted by Crippen LogP contribution is -1.94. The summed E-state index contributed by atoms with van der Waals surface area (Å²) >= 11 is 3.42. The van der Waals surface area contributed by atoms with Crippen molar-refractivity contribution in [1.29, 1.82) is 0 Å². The highest BCUT2D eigenvalue weighted by Gasteiger charge is 2.31. The van der Waals surface area contributed by atoms with Crippen LogP contribution in [0.1, 0.15) is 56.2 Å². The second-order valence-electron chi connectivity index (χ2n) is 5.14. The van der Waals surface area contributed by atoms with Gasteiger partial charge in [-0.2, -0.15) is 0 Å². The van der Waals surface area contributed by atoms with Crippen LogP contribution in [-0.4, -0.2) is 21.7 Å². The van der Waals surface area contributed by atoms with Crippen LogP contribution < -0.4 is 5.32 Å². The molecule has 0 atom stereocenters. The molecule has 3 rings (SSSR count). The summed E-state index contributed by atoms with van der Waals surface area (Å²) in [5.41, 5.74) is 1.26. The first-order chi connectivity index (χ1) is 9.19. The third kappa shape index (κ3) is 2.65. The molecule has 2 aromatic rings. The van der Waals surface area contributed by atoms with Gasteiger partial charge in [-0.15, -0.1) is 21.5 Å². The maximum Gasteiger partial charge on any atom is 0.206 e. The zero-order valence-corrected chi connectivity index (χ0v) is 13.1. The first-order valence-electron chi connectivity index (χ1n) is 6.77. The highest BCUT2D eigenvalue weighted by atomic mass is 32.1. The van der Waals surface area contributed by atoms with E-state index in [0.29, 0.717) is 11.8 Å². The second kappa shape index (κ2) is 5.17. The molecule has 0 aliphatic heterocycles. The molecule has 0 aromatic carbocycles. The number of hydrogen-bond donors (Lipinski definition) is 1. The Morgan fingerprint density at radius 2 is 2.05 bits per heavy atom. The third-order valence-corrected chi connectivity index (χ3v) is 5.48. The van der Waals surface area contributed by atoms with Gasteiger partial charge in [0.25, 0.3) is 0 Å². The van der Waals surface area contributed by atoms with E-state index < -0.39 is 0 Å². The highest BCUT2D eigenvalue weighted by molar-refractivity contribution is 7.23. The number of thiazole rings is 1. The minimum absolute atomic E-state index is 0.484. The fraction of sp³-hybridized carbons (Fsp3) is 0.615. The Bertz CT molecular complexity index is 569. The molecule has 0 unspecified atom stereocenters. The summed E-state index contributed by atoms with van der Waals surface area (Å²) in [5.74, 6) is 1.14. The third-order valence-electron chi connectivity index (χ3n) is 3.08. The molecule has 1 fully saturated rings. The standard InChI is InChI=1S/C13H18N4S2/c1-4-14-13-17-16-12(19-13)10-9(8-5-6-8)15-11(18-10)7(2)3/h7-8H,4-6H2,1-3H3,(H,14,17). The number of nitrogens with one attached hydrogen (secondary N) is 1. The first kappa shape index (κ1) is 13.0. The van der Waals surface area contributed by atoms with E-state index in [9.17, 15) is 0 Å². The molecular formula is C13H18N4S2. The zero-order chi connectivity index (χ0) is 13.4. The Labute approximate surface area is 121 Å². The minimum Gasteiger partial charge on any atom is -0.360 e. The smallest absolute Gasteiger partial charge is 0.206 e. The van der Waals surface area contributed by atoms with E-state index in [1.165, 1.54) is 28.4 Å². The zero-order valence-electron chi connectivity index (χ0n) is 11.4. The van der Waals surface area contributed by atoms with Crippen LogP contribution in [0.2, 0.25) is 0 Å². The molecule has 0 bridgehead atoms. The molecule has 0 amide bonds. The summed E-state index contributed by atoms with van der Waals surface area (Å²) in [6.45, 7) is 7.34. The van der Waals surface area contributed by atoms with Crippen LogP contribution in [0.15, 0.2) is 0 Å². The summed E-state index contributed by atoms with van der Waals surface area (Å²) in [7, 11) is 0. The van der Waals surface area contributed by atoms with Crippen LogP contribution in [0, 0.1) is 0 Å². The van der Waals surface area contributed by atoms with Crippen molar-refractivity contribution in [3.63, 3.8) is 0 Å². The van der Waals surface area contributed by atoms with E-state index in [-0.39, 0.29) is 0 Å². The lowest BCUT2D eigenvalue weighted by molar-refractivity contribution is 0.838. The average molecular weight is 294 g/mol. The van der Waals surface area contributed by atoms with E-state index in [2.05, 4.69) is 36.3 Å². The summed E-state index contributed by atoms with van der Waals surface area (Å²) < 4.78 is 0. The number of nitrogens with zero attached hydrogens (tertiary/aromatic N) is 3. The molecule has 6 heteroatoms. The molecule has 0 saturated heterocycles. The number of hydrogen-bond acceptors (Lipinski definition) is 6. The number of rotatable bonds is 5. The van der Waals surface area contributed by atoms with Crippen LogP contribution >= 0.6 is 22.7 Å². The van der Waals surface area contributed by atoms with Crippen LogP contribution in [0.3, 0.4) is 0 Å². The van der Waals surface area contributed by atoms with Crippen molar-refractivity contribution >= 4 is 27.8 Å². The molecule has 2 aromatic heterocycles. The maximum absolute atomic E-state index is 4.84. The Hall–Kier alpha value is -1.01. The van der Waals surface area contributed by atoms with Crippen LogP contribution in [0.25, 0.3) is 9.88 Å². The Kier molecular flexibility index (Phi) is 3.54. The van der Waals surface area contributed by atoms with Crippen molar-refractivity contribution in [3.05, 3.63) is 10.7 Å². The molecule has 19 heavy (non-hydrogen) atoms. The fourth-order valence-electron chi connectivity index (χ4n) is 1.92. The SMILES string of the molecule is CCNc1nnc(-c2sc(C(C)C)nc2C2CC2)s1. The lowest BCUT2D eigenvalue weighted by atomic mass is 10.2. The van der Waals surface area contributed by atoms with Gasteiger partial charge in [-0.1, -0.05) is 25.2 Å². The number of anilines is 1. The van der Waals surface area contributed by atoms with Gasteiger partial charge in [0.15, 0.2) is 5.01 Å². The van der Waals surface area contributed by atoms with Crippen molar-refractivity contribution in [1.82, 2.24) is 15.2 Å². The summed E-state index contributed by atoms with van der Waals surface area (Å²) in [5, 5.41) is 14.9. The molecule has 102 valence electrons. The molecule has 2 heterocycles. The minimum atomic E-state index is 0.484. The maximum atomic E-state index is 4.84. The van der Waals surface area contributed by atoms with Gasteiger partial charge in [-0.05, 0) is 19.8 Å². The molecule has 0 spiro atoms. The first-order valence-corrected chi connectivity index (χ1v) is 8.40.